The van der Waals surface area contributed by atoms with Crippen LogP contribution in [-0.4, -0.2) is 48.3 Å². The number of nitrogens with zero attached hydrogens (tertiary/aromatic N) is 1. The second-order valence-corrected chi connectivity index (χ2v) is 6.13. The number of piperidine rings is 1. The number of urea groups is 1. The summed E-state index contributed by atoms with van der Waals surface area (Å²) in [6.07, 6.45) is 4.17. The van der Waals surface area contributed by atoms with Crippen LogP contribution in [0.5, 0.6) is 0 Å². The van der Waals surface area contributed by atoms with Crippen LogP contribution >= 0.6 is 11.6 Å². The molecule has 2 amide bonds. The van der Waals surface area contributed by atoms with Gasteiger partial charge in [-0.3, -0.25) is 4.90 Å². The number of amides is 2. The first kappa shape index (κ1) is 18.0. The number of aliphatic hydroxyl groups is 1. The highest BCUT2D eigenvalue weighted by molar-refractivity contribution is 6.33. The van der Waals surface area contributed by atoms with Gasteiger partial charge in [0.05, 0.1) is 17.3 Å². The molecule has 1 heterocycles. The van der Waals surface area contributed by atoms with E-state index >= 15 is 0 Å². The fourth-order valence-electron chi connectivity index (χ4n) is 2.80. The average molecular weight is 344 g/mol. The minimum atomic E-state index is -0.444. The van der Waals surface area contributed by atoms with Gasteiger partial charge in [-0.25, -0.2) is 9.18 Å². The molecule has 0 aromatic heterocycles. The number of likely N-dealkylation sites (tertiary alicyclic amines) is 1. The summed E-state index contributed by atoms with van der Waals surface area (Å²) in [5.74, 6) is -0.444. The predicted octanol–water partition coefficient (Wildman–Crippen LogP) is 2.84. The van der Waals surface area contributed by atoms with Crippen LogP contribution < -0.4 is 10.6 Å². The number of hydrogen-bond donors (Lipinski definition) is 3. The lowest BCUT2D eigenvalue weighted by Gasteiger charge is -2.34. The van der Waals surface area contributed by atoms with E-state index in [-0.39, 0.29) is 23.7 Å². The van der Waals surface area contributed by atoms with Gasteiger partial charge in [-0.05, 0) is 44.0 Å². The van der Waals surface area contributed by atoms with Gasteiger partial charge >= 0.3 is 6.03 Å². The Morgan fingerprint density at radius 2 is 2.26 bits per heavy atom. The standard InChI is InChI=1S/C16H23ClFN3O2/c17-14-10-12(18)5-6-15(14)20-16(23)19-7-3-9-21-8-2-1-4-13(21)11-22/h5-6,10,13,22H,1-4,7-9,11H2,(H2,19,20,23)/t13-/m1/s1. The summed E-state index contributed by atoms with van der Waals surface area (Å²) in [5.41, 5.74) is 0.377. The van der Waals surface area contributed by atoms with Gasteiger partial charge in [-0.15, -0.1) is 0 Å². The van der Waals surface area contributed by atoms with Gasteiger partial charge in [-0.2, -0.15) is 0 Å². The second kappa shape index (κ2) is 9.05. The number of carbonyl (C=O) groups excluding carboxylic acids is 1. The van der Waals surface area contributed by atoms with E-state index in [0.717, 1.165) is 38.4 Å². The Morgan fingerprint density at radius 1 is 1.43 bits per heavy atom. The lowest BCUT2D eigenvalue weighted by molar-refractivity contribution is 0.0894. The van der Waals surface area contributed by atoms with Crippen LogP contribution in [-0.2, 0) is 0 Å². The number of anilines is 1. The molecule has 1 aliphatic rings. The number of rotatable bonds is 6. The summed E-state index contributed by atoms with van der Waals surface area (Å²) in [4.78, 5) is 14.1. The lowest BCUT2D eigenvalue weighted by atomic mass is 10.0. The largest absolute Gasteiger partial charge is 0.395 e. The van der Waals surface area contributed by atoms with Crippen molar-refractivity contribution in [2.75, 3.05) is 31.6 Å². The molecule has 0 aliphatic carbocycles. The summed E-state index contributed by atoms with van der Waals surface area (Å²) < 4.78 is 12.9. The van der Waals surface area contributed by atoms with Crippen LogP contribution in [0.4, 0.5) is 14.9 Å². The summed E-state index contributed by atoms with van der Waals surface area (Å²) in [5, 5.41) is 14.9. The molecule has 2 rings (SSSR count). The second-order valence-electron chi connectivity index (χ2n) is 5.73. The lowest BCUT2D eigenvalue weighted by Crippen LogP contribution is -2.43. The summed E-state index contributed by atoms with van der Waals surface area (Å²) in [6, 6.07) is 3.71. The van der Waals surface area contributed by atoms with Crippen molar-refractivity contribution in [2.45, 2.75) is 31.7 Å². The molecule has 0 radical (unpaired) electrons. The number of hydrogen-bond acceptors (Lipinski definition) is 3. The third-order valence-corrected chi connectivity index (χ3v) is 4.36. The molecule has 1 aliphatic heterocycles. The van der Waals surface area contributed by atoms with E-state index < -0.39 is 5.82 Å². The van der Waals surface area contributed by atoms with Crippen LogP contribution in [0.15, 0.2) is 18.2 Å². The topological polar surface area (TPSA) is 64.6 Å². The van der Waals surface area contributed by atoms with Crippen molar-refractivity contribution in [3.8, 4) is 0 Å². The highest BCUT2D eigenvalue weighted by atomic mass is 35.5. The van der Waals surface area contributed by atoms with E-state index in [1.54, 1.807) is 0 Å². The van der Waals surface area contributed by atoms with Crippen LogP contribution in [0.2, 0.25) is 5.02 Å². The van der Waals surface area contributed by atoms with Crippen LogP contribution in [0.1, 0.15) is 25.7 Å². The van der Waals surface area contributed by atoms with E-state index in [4.69, 9.17) is 11.6 Å². The smallest absolute Gasteiger partial charge is 0.319 e. The minimum Gasteiger partial charge on any atom is -0.395 e. The first-order valence-electron chi connectivity index (χ1n) is 7.95. The number of aliphatic hydroxyl groups excluding tert-OH is 1. The molecule has 0 unspecified atom stereocenters. The van der Waals surface area contributed by atoms with Crippen molar-refractivity contribution >= 4 is 23.3 Å². The zero-order valence-corrected chi connectivity index (χ0v) is 13.8. The van der Waals surface area contributed by atoms with E-state index in [2.05, 4.69) is 15.5 Å². The van der Waals surface area contributed by atoms with Crippen LogP contribution in [0.25, 0.3) is 0 Å². The Labute approximate surface area is 140 Å². The van der Waals surface area contributed by atoms with E-state index in [1.165, 1.54) is 18.6 Å². The molecule has 0 saturated carbocycles. The van der Waals surface area contributed by atoms with Gasteiger partial charge < -0.3 is 15.7 Å². The van der Waals surface area contributed by atoms with Crippen LogP contribution in [0, 0.1) is 5.82 Å². The molecule has 3 N–H and O–H groups in total. The van der Waals surface area contributed by atoms with Gasteiger partial charge in [0.15, 0.2) is 0 Å². The average Bonchev–Trinajstić information content (AvgIpc) is 2.54. The first-order chi connectivity index (χ1) is 11.1. The molecule has 1 saturated heterocycles. The zero-order valence-electron chi connectivity index (χ0n) is 13.0. The fourth-order valence-corrected chi connectivity index (χ4v) is 3.02. The molecule has 0 bridgehead atoms. The number of halogens is 2. The molecular weight excluding hydrogens is 321 g/mol. The zero-order chi connectivity index (χ0) is 16.7. The van der Waals surface area contributed by atoms with Gasteiger partial charge in [0.25, 0.3) is 0 Å². The molecule has 7 heteroatoms. The van der Waals surface area contributed by atoms with Gasteiger partial charge in [0, 0.05) is 19.1 Å². The molecule has 0 spiro atoms. The predicted molar refractivity (Wildman–Crippen MR) is 89.3 cm³/mol. The monoisotopic (exact) mass is 343 g/mol. The molecule has 5 nitrogen and oxygen atoms in total. The highest BCUT2D eigenvalue weighted by Gasteiger charge is 2.20. The summed E-state index contributed by atoms with van der Waals surface area (Å²) >= 11 is 5.86. The third kappa shape index (κ3) is 5.64. The van der Waals surface area contributed by atoms with E-state index in [1.807, 2.05) is 0 Å². The summed E-state index contributed by atoms with van der Waals surface area (Å²) in [6.45, 7) is 2.57. The Morgan fingerprint density at radius 3 is 3.00 bits per heavy atom. The molecule has 1 aromatic carbocycles. The molecule has 1 aromatic rings. The highest BCUT2D eigenvalue weighted by Crippen LogP contribution is 2.22. The number of carbonyl (C=O) groups is 1. The van der Waals surface area contributed by atoms with Crippen molar-refractivity contribution in [1.29, 1.82) is 0 Å². The van der Waals surface area contributed by atoms with Crippen molar-refractivity contribution in [1.82, 2.24) is 10.2 Å². The first-order valence-corrected chi connectivity index (χ1v) is 8.33. The minimum absolute atomic E-state index is 0.166. The van der Waals surface area contributed by atoms with Crippen LogP contribution in [0.3, 0.4) is 0 Å². The van der Waals surface area contributed by atoms with Gasteiger partial charge in [0.2, 0.25) is 0 Å². The maximum atomic E-state index is 12.9. The molecule has 1 atom stereocenters. The Balaban J connectivity index is 1.68. The maximum Gasteiger partial charge on any atom is 0.319 e. The maximum absolute atomic E-state index is 12.9. The van der Waals surface area contributed by atoms with E-state index in [0.29, 0.717) is 12.2 Å². The Hall–Kier alpha value is -1.37. The Kier molecular flexibility index (Phi) is 7.08. The quantitative estimate of drug-likeness (QED) is 0.696. The van der Waals surface area contributed by atoms with E-state index in [9.17, 15) is 14.3 Å². The molecule has 128 valence electrons. The Bertz CT molecular complexity index is 530. The van der Waals surface area contributed by atoms with Crippen molar-refractivity contribution in [3.05, 3.63) is 29.0 Å². The number of benzene rings is 1. The molecule has 1 fully saturated rings. The van der Waals surface area contributed by atoms with Crippen molar-refractivity contribution in [2.24, 2.45) is 0 Å². The van der Waals surface area contributed by atoms with Crippen molar-refractivity contribution < 1.29 is 14.3 Å². The normalized spacial score (nSPS) is 18.7. The fraction of sp³-hybridized carbons (Fsp3) is 0.562. The molecule has 23 heavy (non-hydrogen) atoms. The van der Waals surface area contributed by atoms with Crippen molar-refractivity contribution in [3.63, 3.8) is 0 Å². The summed E-state index contributed by atoms with van der Waals surface area (Å²) in [7, 11) is 0. The number of nitrogens with one attached hydrogen (secondary N) is 2. The van der Waals surface area contributed by atoms with Gasteiger partial charge in [0.1, 0.15) is 5.82 Å². The SMILES string of the molecule is O=C(NCCCN1CCCC[C@@H]1CO)Nc1ccc(F)cc1Cl. The van der Waals surface area contributed by atoms with Gasteiger partial charge in [-0.1, -0.05) is 18.0 Å². The molecular formula is C16H23ClFN3O2. The third-order valence-electron chi connectivity index (χ3n) is 4.05.